The van der Waals surface area contributed by atoms with Gasteiger partial charge in [-0.25, -0.2) is 0 Å². The van der Waals surface area contributed by atoms with E-state index in [1.54, 1.807) is 13.8 Å². The van der Waals surface area contributed by atoms with Gasteiger partial charge in [-0.15, -0.1) is 0 Å². The van der Waals surface area contributed by atoms with E-state index in [4.69, 9.17) is 0 Å². The number of carbonyl (C=O) groups is 1. The Morgan fingerprint density at radius 2 is 1.76 bits per heavy atom. The summed E-state index contributed by atoms with van der Waals surface area (Å²) in [6.07, 6.45) is 1.19. The molecule has 2 fully saturated rings. The van der Waals surface area contributed by atoms with E-state index >= 15 is 0 Å². The first-order valence-electron chi connectivity index (χ1n) is 9.19. The van der Waals surface area contributed by atoms with Crippen LogP contribution >= 0.6 is 0 Å². The second kappa shape index (κ2) is 7.06. The van der Waals surface area contributed by atoms with Crippen LogP contribution in [0.4, 0.5) is 0 Å². The second-order valence-corrected chi connectivity index (χ2v) is 8.35. The zero-order valence-corrected chi connectivity index (χ0v) is 15.1. The highest BCUT2D eigenvalue weighted by atomic mass is 16.3. The van der Waals surface area contributed by atoms with E-state index in [9.17, 15) is 20.1 Å². The van der Waals surface area contributed by atoms with Crippen molar-refractivity contribution in [3.8, 4) is 0 Å². The molecule has 1 aromatic carbocycles. The van der Waals surface area contributed by atoms with Gasteiger partial charge in [0.25, 0.3) is 5.91 Å². The summed E-state index contributed by atoms with van der Waals surface area (Å²) >= 11 is 0. The average Bonchev–Trinajstić information content (AvgIpc) is 2.95. The number of aryl methyl sites for hydroxylation is 1. The van der Waals surface area contributed by atoms with Gasteiger partial charge in [0.1, 0.15) is 0 Å². The lowest BCUT2D eigenvalue weighted by Gasteiger charge is -2.31. The number of benzene rings is 1. The number of amides is 1. The van der Waals surface area contributed by atoms with Gasteiger partial charge in [-0.1, -0.05) is 12.1 Å². The van der Waals surface area contributed by atoms with E-state index < -0.39 is 17.8 Å². The minimum absolute atomic E-state index is 0.0171. The number of nitrogens with zero attached hydrogens (tertiary/aromatic N) is 1. The Labute approximate surface area is 149 Å². The van der Waals surface area contributed by atoms with Gasteiger partial charge in [-0.3, -0.25) is 4.79 Å². The monoisotopic (exact) mass is 347 g/mol. The van der Waals surface area contributed by atoms with Crippen LogP contribution in [0.5, 0.6) is 0 Å². The number of hydrogen-bond acceptors (Lipinski definition) is 4. The van der Waals surface area contributed by atoms with Gasteiger partial charge in [-0.2, -0.15) is 0 Å². The van der Waals surface area contributed by atoms with Crippen LogP contribution in [0, 0.1) is 11.8 Å². The van der Waals surface area contributed by atoms with E-state index in [1.165, 1.54) is 0 Å². The van der Waals surface area contributed by atoms with Gasteiger partial charge in [0.2, 0.25) is 0 Å². The zero-order valence-electron chi connectivity index (χ0n) is 15.1. The highest BCUT2D eigenvalue weighted by Crippen LogP contribution is 2.37. The third-order valence-electron chi connectivity index (χ3n) is 5.60. The van der Waals surface area contributed by atoms with Crippen LogP contribution in [-0.4, -0.2) is 57.0 Å². The molecule has 25 heavy (non-hydrogen) atoms. The maximum atomic E-state index is 12.9. The van der Waals surface area contributed by atoms with Crippen molar-refractivity contribution in [3.05, 3.63) is 35.4 Å². The Balaban J connectivity index is 1.66. The molecular formula is C20H29NO4. The predicted molar refractivity (Wildman–Crippen MR) is 95.2 cm³/mol. The third-order valence-corrected chi connectivity index (χ3v) is 5.60. The summed E-state index contributed by atoms with van der Waals surface area (Å²) in [5.41, 5.74) is 1.01. The summed E-state index contributed by atoms with van der Waals surface area (Å²) in [7, 11) is 0. The quantitative estimate of drug-likeness (QED) is 0.773. The molecule has 0 radical (unpaired) electrons. The van der Waals surface area contributed by atoms with Crippen molar-refractivity contribution >= 4 is 5.91 Å². The first-order chi connectivity index (χ1) is 11.7. The molecule has 0 unspecified atom stereocenters. The number of aliphatic hydroxyl groups is 3. The average molecular weight is 347 g/mol. The summed E-state index contributed by atoms with van der Waals surface area (Å²) in [6.45, 7) is 4.88. The van der Waals surface area contributed by atoms with E-state index in [0.717, 1.165) is 12.0 Å². The predicted octanol–water partition coefficient (Wildman–Crippen LogP) is 1.59. The number of carbonyl (C=O) groups excluding carboxylic acids is 1. The molecule has 1 saturated heterocycles. The van der Waals surface area contributed by atoms with Gasteiger partial charge < -0.3 is 20.2 Å². The number of rotatable bonds is 4. The fraction of sp³-hybridized carbons (Fsp3) is 0.650. The van der Waals surface area contributed by atoms with Crippen molar-refractivity contribution in [2.24, 2.45) is 11.8 Å². The van der Waals surface area contributed by atoms with Crippen LogP contribution in [0.2, 0.25) is 0 Å². The molecule has 3 N–H and O–H groups in total. The maximum Gasteiger partial charge on any atom is 0.253 e. The Morgan fingerprint density at radius 1 is 1.16 bits per heavy atom. The fourth-order valence-corrected chi connectivity index (χ4v) is 4.07. The summed E-state index contributed by atoms with van der Waals surface area (Å²) in [6, 6.07) is 7.63. The van der Waals surface area contributed by atoms with E-state index in [0.29, 0.717) is 37.9 Å². The van der Waals surface area contributed by atoms with Gasteiger partial charge in [0, 0.05) is 18.7 Å². The summed E-state index contributed by atoms with van der Waals surface area (Å²) < 4.78 is 0. The summed E-state index contributed by atoms with van der Waals surface area (Å²) in [5, 5.41) is 29.6. The molecule has 1 aromatic rings. The molecule has 0 aromatic heterocycles. The minimum atomic E-state index is -0.716. The number of fused-ring (bicyclic) bond motifs is 1. The van der Waals surface area contributed by atoms with Crippen LogP contribution in [0.15, 0.2) is 24.3 Å². The number of likely N-dealkylation sites (tertiary alicyclic amines) is 1. The topological polar surface area (TPSA) is 81.0 Å². The molecule has 3 rings (SSSR count). The van der Waals surface area contributed by atoms with Crippen LogP contribution in [0.1, 0.15) is 49.0 Å². The Bertz CT molecular complexity index is 606. The van der Waals surface area contributed by atoms with Crippen LogP contribution in [-0.2, 0) is 6.42 Å². The molecule has 1 amide bonds. The van der Waals surface area contributed by atoms with Gasteiger partial charge in [0.15, 0.2) is 0 Å². The van der Waals surface area contributed by atoms with Gasteiger partial charge in [0.05, 0.1) is 17.8 Å². The molecule has 0 bridgehead atoms. The minimum Gasteiger partial charge on any atom is -0.390 e. The molecule has 1 aliphatic carbocycles. The molecule has 5 heteroatoms. The molecular weight excluding hydrogens is 318 g/mol. The Morgan fingerprint density at radius 3 is 2.32 bits per heavy atom. The lowest BCUT2D eigenvalue weighted by molar-refractivity contribution is -0.0372. The van der Waals surface area contributed by atoms with Crippen LogP contribution in [0.3, 0.4) is 0 Å². The molecule has 138 valence electrons. The van der Waals surface area contributed by atoms with Crippen LogP contribution in [0.25, 0.3) is 0 Å². The van der Waals surface area contributed by atoms with Gasteiger partial charge >= 0.3 is 0 Å². The van der Waals surface area contributed by atoms with Gasteiger partial charge in [-0.05, 0) is 69.1 Å². The standard InChI is InChI=1S/C20H29NO4/c1-20(2,25)7-6-13-4-3-5-14(8-13)19(24)21-11-15-9-17(22)18(23)10-16(15)12-21/h3-5,8,15-18,22-23,25H,6-7,9-12H2,1-2H3/t15-,16+,17+,18-. The molecule has 5 nitrogen and oxygen atoms in total. The molecule has 0 spiro atoms. The summed E-state index contributed by atoms with van der Waals surface area (Å²) in [5.74, 6) is 0.574. The van der Waals surface area contributed by atoms with Crippen molar-refractivity contribution in [1.29, 1.82) is 0 Å². The van der Waals surface area contributed by atoms with Crippen molar-refractivity contribution in [1.82, 2.24) is 4.90 Å². The summed E-state index contributed by atoms with van der Waals surface area (Å²) in [4.78, 5) is 14.7. The van der Waals surface area contributed by atoms with E-state index in [2.05, 4.69) is 0 Å². The second-order valence-electron chi connectivity index (χ2n) is 8.35. The molecule has 1 heterocycles. The highest BCUT2D eigenvalue weighted by molar-refractivity contribution is 5.94. The molecule has 4 atom stereocenters. The third kappa shape index (κ3) is 4.40. The lowest BCUT2D eigenvalue weighted by atomic mass is 9.79. The fourth-order valence-electron chi connectivity index (χ4n) is 4.07. The highest BCUT2D eigenvalue weighted by Gasteiger charge is 2.42. The largest absolute Gasteiger partial charge is 0.390 e. The van der Waals surface area contributed by atoms with E-state index in [-0.39, 0.29) is 17.7 Å². The maximum absolute atomic E-state index is 12.9. The Kier molecular flexibility index (Phi) is 5.19. The first-order valence-corrected chi connectivity index (χ1v) is 9.19. The van der Waals surface area contributed by atoms with Crippen molar-refractivity contribution in [2.45, 2.75) is 57.3 Å². The molecule has 1 saturated carbocycles. The molecule has 2 aliphatic rings. The van der Waals surface area contributed by atoms with Crippen molar-refractivity contribution in [3.63, 3.8) is 0 Å². The van der Waals surface area contributed by atoms with Crippen LogP contribution < -0.4 is 0 Å². The van der Waals surface area contributed by atoms with Crippen molar-refractivity contribution in [2.75, 3.05) is 13.1 Å². The van der Waals surface area contributed by atoms with E-state index in [1.807, 2.05) is 29.2 Å². The lowest BCUT2D eigenvalue weighted by Crippen LogP contribution is -2.38. The first kappa shape index (κ1) is 18.4. The zero-order chi connectivity index (χ0) is 18.2. The number of aliphatic hydroxyl groups excluding tert-OH is 2. The normalized spacial score (nSPS) is 29.6. The Hall–Kier alpha value is -1.43. The SMILES string of the molecule is CC(C)(O)CCc1cccc(C(=O)N2C[C@H]3C[C@H](O)[C@H](O)C[C@H]3C2)c1. The molecule has 1 aliphatic heterocycles. The number of hydrogen-bond donors (Lipinski definition) is 3. The van der Waals surface area contributed by atoms with Crippen molar-refractivity contribution < 1.29 is 20.1 Å². The smallest absolute Gasteiger partial charge is 0.253 e.